The highest BCUT2D eigenvalue weighted by Crippen LogP contribution is 2.14. The first-order valence-corrected chi connectivity index (χ1v) is 7.70. The highest BCUT2D eigenvalue weighted by atomic mass is 16.5. The standard InChI is InChI=1S/C17H29NO3/c1-5-9-18(12-16(19)13-21-14(2)3)11-15-7-6-8-17(10-15)20-4/h6-8,10,14,16,19H,5,9,11-13H2,1-4H3/t16-/m1/s1. The fourth-order valence-corrected chi connectivity index (χ4v) is 2.23. The summed E-state index contributed by atoms with van der Waals surface area (Å²) in [4.78, 5) is 2.25. The van der Waals surface area contributed by atoms with Gasteiger partial charge in [0.15, 0.2) is 0 Å². The van der Waals surface area contributed by atoms with Crippen LogP contribution < -0.4 is 4.74 Å². The lowest BCUT2D eigenvalue weighted by molar-refractivity contribution is -0.00950. The third kappa shape index (κ3) is 7.46. The van der Waals surface area contributed by atoms with Crippen molar-refractivity contribution in [3.05, 3.63) is 29.8 Å². The van der Waals surface area contributed by atoms with E-state index in [9.17, 15) is 5.11 Å². The van der Waals surface area contributed by atoms with Crippen molar-refractivity contribution in [1.29, 1.82) is 0 Å². The largest absolute Gasteiger partial charge is 0.497 e. The van der Waals surface area contributed by atoms with Crippen LogP contribution in [0.25, 0.3) is 0 Å². The number of benzene rings is 1. The van der Waals surface area contributed by atoms with Gasteiger partial charge in [-0.15, -0.1) is 0 Å². The van der Waals surface area contributed by atoms with E-state index in [0.29, 0.717) is 13.2 Å². The molecule has 1 N–H and O–H groups in total. The number of methoxy groups -OCH3 is 1. The van der Waals surface area contributed by atoms with Crippen molar-refractivity contribution in [2.24, 2.45) is 0 Å². The highest BCUT2D eigenvalue weighted by Gasteiger charge is 2.13. The summed E-state index contributed by atoms with van der Waals surface area (Å²) >= 11 is 0. The molecule has 0 saturated carbocycles. The van der Waals surface area contributed by atoms with E-state index < -0.39 is 6.10 Å². The van der Waals surface area contributed by atoms with Crippen LogP contribution in [0.5, 0.6) is 5.75 Å². The molecular formula is C17H29NO3. The Morgan fingerprint density at radius 3 is 2.67 bits per heavy atom. The van der Waals surface area contributed by atoms with E-state index in [2.05, 4.69) is 17.9 Å². The normalized spacial score (nSPS) is 12.9. The molecule has 0 aromatic heterocycles. The first kappa shape index (κ1) is 18.0. The number of aliphatic hydroxyl groups excluding tert-OH is 1. The third-order valence-electron chi connectivity index (χ3n) is 3.17. The number of nitrogens with zero attached hydrogens (tertiary/aromatic N) is 1. The van der Waals surface area contributed by atoms with E-state index >= 15 is 0 Å². The van der Waals surface area contributed by atoms with Crippen LogP contribution in [0.15, 0.2) is 24.3 Å². The van der Waals surface area contributed by atoms with Gasteiger partial charge in [-0.1, -0.05) is 19.1 Å². The topological polar surface area (TPSA) is 41.9 Å². The van der Waals surface area contributed by atoms with Crippen LogP contribution in [-0.4, -0.2) is 49.0 Å². The average Bonchev–Trinajstić information content (AvgIpc) is 2.45. The second kappa shape index (κ2) is 9.77. The number of rotatable bonds is 10. The molecule has 0 heterocycles. The molecule has 1 aromatic carbocycles. The number of aliphatic hydroxyl groups is 1. The molecule has 0 saturated heterocycles. The molecule has 1 atom stereocenters. The van der Waals surface area contributed by atoms with Crippen LogP contribution in [0.4, 0.5) is 0 Å². The average molecular weight is 295 g/mol. The van der Waals surface area contributed by atoms with Gasteiger partial charge in [0.2, 0.25) is 0 Å². The maximum absolute atomic E-state index is 10.1. The third-order valence-corrected chi connectivity index (χ3v) is 3.17. The van der Waals surface area contributed by atoms with Crippen molar-refractivity contribution in [3.63, 3.8) is 0 Å². The molecule has 1 aromatic rings. The Morgan fingerprint density at radius 2 is 2.05 bits per heavy atom. The second-order valence-corrected chi connectivity index (χ2v) is 5.62. The zero-order valence-corrected chi connectivity index (χ0v) is 13.7. The molecular weight excluding hydrogens is 266 g/mol. The van der Waals surface area contributed by atoms with Crippen molar-refractivity contribution in [1.82, 2.24) is 4.90 Å². The molecule has 0 spiro atoms. The maximum Gasteiger partial charge on any atom is 0.119 e. The molecule has 0 fully saturated rings. The summed E-state index contributed by atoms with van der Waals surface area (Å²) in [5.41, 5.74) is 1.19. The summed E-state index contributed by atoms with van der Waals surface area (Å²) in [5.74, 6) is 0.868. The fourth-order valence-electron chi connectivity index (χ4n) is 2.23. The Bertz CT molecular complexity index is 395. The van der Waals surface area contributed by atoms with Gasteiger partial charge in [0.25, 0.3) is 0 Å². The minimum atomic E-state index is -0.454. The smallest absolute Gasteiger partial charge is 0.119 e. The predicted octanol–water partition coefficient (Wildman–Crippen LogP) is 2.69. The molecule has 0 radical (unpaired) electrons. The van der Waals surface area contributed by atoms with E-state index in [4.69, 9.17) is 9.47 Å². The molecule has 0 aliphatic heterocycles. The zero-order chi connectivity index (χ0) is 15.7. The lowest BCUT2D eigenvalue weighted by Gasteiger charge is -2.25. The van der Waals surface area contributed by atoms with Crippen LogP contribution in [-0.2, 0) is 11.3 Å². The predicted molar refractivity (Wildman–Crippen MR) is 85.7 cm³/mol. The van der Waals surface area contributed by atoms with Gasteiger partial charge in [0.05, 0.1) is 25.9 Å². The first-order chi connectivity index (χ1) is 10.0. The molecule has 21 heavy (non-hydrogen) atoms. The van der Waals surface area contributed by atoms with Crippen molar-refractivity contribution in [2.75, 3.05) is 26.8 Å². The molecule has 0 amide bonds. The zero-order valence-electron chi connectivity index (χ0n) is 13.7. The van der Waals surface area contributed by atoms with Crippen molar-refractivity contribution in [3.8, 4) is 5.75 Å². The van der Waals surface area contributed by atoms with Gasteiger partial charge >= 0.3 is 0 Å². The Kier molecular flexibility index (Phi) is 8.35. The van der Waals surface area contributed by atoms with Crippen molar-refractivity contribution >= 4 is 0 Å². The fraction of sp³-hybridized carbons (Fsp3) is 0.647. The Morgan fingerprint density at radius 1 is 1.29 bits per heavy atom. The summed E-state index contributed by atoms with van der Waals surface area (Å²) < 4.78 is 10.7. The second-order valence-electron chi connectivity index (χ2n) is 5.62. The number of hydrogen-bond donors (Lipinski definition) is 1. The number of hydrogen-bond acceptors (Lipinski definition) is 4. The number of ether oxygens (including phenoxy) is 2. The van der Waals surface area contributed by atoms with Gasteiger partial charge in [0, 0.05) is 13.1 Å². The van der Waals surface area contributed by atoms with Crippen LogP contribution in [0.1, 0.15) is 32.8 Å². The van der Waals surface area contributed by atoms with Gasteiger partial charge in [-0.3, -0.25) is 4.90 Å². The van der Waals surface area contributed by atoms with Crippen LogP contribution in [0.2, 0.25) is 0 Å². The van der Waals surface area contributed by atoms with E-state index in [-0.39, 0.29) is 6.10 Å². The summed E-state index contributed by atoms with van der Waals surface area (Å²) in [6, 6.07) is 8.07. The first-order valence-electron chi connectivity index (χ1n) is 7.70. The van der Waals surface area contributed by atoms with E-state index in [1.165, 1.54) is 5.56 Å². The van der Waals surface area contributed by atoms with Gasteiger partial charge in [-0.25, -0.2) is 0 Å². The Labute approximate surface area is 128 Å². The molecule has 0 bridgehead atoms. The minimum Gasteiger partial charge on any atom is -0.497 e. The molecule has 0 unspecified atom stereocenters. The SMILES string of the molecule is CCCN(Cc1cccc(OC)c1)C[C@@H](O)COC(C)C. The van der Waals surface area contributed by atoms with Crippen LogP contribution in [0, 0.1) is 0 Å². The summed E-state index contributed by atoms with van der Waals surface area (Å²) in [6.07, 6.45) is 0.754. The maximum atomic E-state index is 10.1. The minimum absolute atomic E-state index is 0.151. The summed E-state index contributed by atoms with van der Waals surface area (Å²) in [6.45, 7) is 8.88. The van der Waals surface area contributed by atoms with Crippen molar-refractivity contribution < 1.29 is 14.6 Å². The van der Waals surface area contributed by atoms with E-state index in [1.807, 2.05) is 32.0 Å². The van der Waals surface area contributed by atoms with Gasteiger partial charge in [-0.2, -0.15) is 0 Å². The van der Waals surface area contributed by atoms with Gasteiger partial charge < -0.3 is 14.6 Å². The highest BCUT2D eigenvalue weighted by molar-refractivity contribution is 5.28. The molecule has 0 aliphatic carbocycles. The lowest BCUT2D eigenvalue weighted by atomic mass is 10.2. The molecule has 0 aliphatic rings. The van der Waals surface area contributed by atoms with E-state index in [1.54, 1.807) is 7.11 Å². The van der Waals surface area contributed by atoms with Crippen LogP contribution in [0.3, 0.4) is 0 Å². The van der Waals surface area contributed by atoms with Crippen molar-refractivity contribution in [2.45, 2.75) is 45.9 Å². The molecule has 1 rings (SSSR count). The van der Waals surface area contributed by atoms with Crippen LogP contribution >= 0.6 is 0 Å². The van der Waals surface area contributed by atoms with Gasteiger partial charge in [-0.05, 0) is 44.5 Å². The Hall–Kier alpha value is -1.10. The molecule has 4 nitrogen and oxygen atoms in total. The lowest BCUT2D eigenvalue weighted by Crippen LogP contribution is -2.35. The van der Waals surface area contributed by atoms with Gasteiger partial charge in [0.1, 0.15) is 5.75 Å². The monoisotopic (exact) mass is 295 g/mol. The quantitative estimate of drug-likeness (QED) is 0.720. The summed E-state index contributed by atoms with van der Waals surface area (Å²) in [5, 5.41) is 10.1. The molecule has 120 valence electrons. The Balaban J connectivity index is 2.55. The summed E-state index contributed by atoms with van der Waals surface area (Å²) in [7, 11) is 1.68. The van der Waals surface area contributed by atoms with E-state index in [0.717, 1.165) is 25.3 Å². The molecule has 4 heteroatoms.